The van der Waals surface area contributed by atoms with Crippen molar-refractivity contribution in [2.45, 2.75) is 18.9 Å². The molecule has 1 amide bonds. The predicted octanol–water partition coefficient (Wildman–Crippen LogP) is 0.572. The Morgan fingerprint density at radius 3 is 3.11 bits per heavy atom. The highest BCUT2D eigenvalue weighted by Gasteiger charge is 2.31. The number of likely N-dealkylation sites (N-methyl/N-ethyl adjacent to an activating group) is 1. The number of fused-ring (bicyclic) bond motifs is 1. The Hall–Kier alpha value is -1.95. The second-order valence-electron chi connectivity index (χ2n) is 5.04. The van der Waals surface area contributed by atoms with Crippen molar-refractivity contribution in [3.05, 3.63) is 30.4 Å². The third-order valence-corrected chi connectivity index (χ3v) is 3.43. The highest BCUT2D eigenvalue weighted by Crippen LogP contribution is 2.32. The lowest BCUT2D eigenvalue weighted by Crippen LogP contribution is -2.35. The first-order valence-corrected chi connectivity index (χ1v) is 6.38. The smallest absolute Gasteiger partial charge is 0.273 e. The van der Waals surface area contributed by atoms with Gasteiger partial charge in [-0.3, -0.25) is 9.20 Å². The Morgan fingerprint density at radius 2 is 2.42 bits per heavy atom. The zero-order chi connectivity index (χ0) is 13.4. The summed E-state index contributed by atoms with van der Waals surface area (Å²) in [4.78, 5) is 22.0. The van der Waals surface area contributed by atoms with Crippen molar-refractivity contribution in [3.8, 4) is 0 Å². The molecule has 1 N–H and O–H groups in total. The third-order valence-electron chi connectivity index (χ3n) is 3.43. The van der Waals surface area contributed by atoms with Gasteiger partial charge in [-0.05, 0) is 24.8 Å². The second-order valence-corrected chi connectivity index (χ2v) is 5.04. The molecule has 1 unspecified atom stereocenters. The van der Waals surface area contributed by atoms with Crippen molar-refractivity contribution in [3.63, 3.8) is 0 Å². The van der Waals surface area contributed by atoms with Crippen LogP contribution in [0.3, 0.4) is 0 Å². The van der Waals surface area contributed by atoms with E-state index in [9.17, 15) is 9.90 Å². The Balaban J connectivity index is 1.74. The summed E-state index contributed by atoms with van der Waals surface area (Å²) in [6.07, 6.45) is 6.78. The number of amides is 1. The summed E-state index contributed by atoms with van der Waals surface area (Å²) in [5.74, 6) is 0.671. The maximum absolute atomic E-state index is 12.2. The SMILES string of the molecule is CN(CC(O)C1CC1)C(=O)c1cn2cccnc2n1. The maximum Gasteiger partial charge on any atom is 0.273 e. The number of nitrogens with zero attached hydrogens (tertiary/aromatic N) is 4. The lowest BCUT2D eigenvalue weighted by molar-refractivity contribution is 0.0641. The van der Waals surface area contributed by atoms with Gasteiger partial charge < -0.3 is 10.0 Å². The van der Waals surface area contributed by atoms with Gasteiger partial charge in [0.2, 0.25) is 5.78 Å². The van der Waals surface area contributed by atoms with Crippen LogP contribution in [0.4, 0.5) is 0 Å². The first-order valence-electron chi connectivity index (χ1n) is 6.38. The molecule has 100 valence electrons. The first kappa shape index (κ1) is 12.1. The summed E-state index contributed by atoms with van der Waals surface area (Å²) >= 11 is 0. The average Bonchev–Trinajstić information content (AvgIpc) is 3.16. The summed E-state index contributed by atoms with van der Waals surface area (Å²) in [5.41, 5.74) is 0.351. The minimum absolute atomic E-state index is 0.190. The van der Waals surface area contributed by atoms with E-state index in [2.05, 4.69) is 9.97 Å². The number of aliphatic hydroxyl groups excluding tert-OH is 1. The van der Waals surface area contributed by atoms with Gasteiger partial charge in [0.15, 0.2) is 0 Å². The summed E-state index contributed by atoms with van der Waals surface area (Å²) in [7, 11) is 1.69. The zero-order valence-corrected chi connectivity index (χ0v) is 10.7. The van der Waals surface area contributed by atoms with Gasteiger partial charge in [0, 0.05) is 32.2 Å². The number of aromatic nitrogens is 3. The topological polar surface area (TPSA) is 70.7 Å². The molecule has 0 bridgehead atoms. The number of carbonyl (C=O) groups excluding carboxylic acids is 1. The normalized spacial score (nSPS) is 16.5. The van der Waals surface area contributed by atoms with E-state index in [1.807, 2.05) is 0 Å². The van der Waals surface area contributed by atoms with Gasteiger partial charge in [0.25, 0.3) is 5.91 Å². The molecule has 2 aromatic rings. The van der Waals surface area contributed by atoms with E-state index in [1.165, 1.54) is 4.90 Å². The predicted molar refractivity (Wildman–Crippen MR) is 68.7 cm³/mol. The van der Waals surface area contributed by atoms with Crippen LogP contribution in [0.2, 0.25) is 0 Å². The van der Waals surface area contributed by atoms with Gasteiger partial charge in [-0.1, -0.05) is 0 Å². The molecular weight excluding hydrogens is 244 g/mol. The Kier molecular flexibility index (Phi) is 2.94. The fourth-order valence-electron chi connectivity index (χ4n) is 2.12. The van der Waals surface area contributed by atoms with Crippen molar-refractivity contribution in [2.75, 3.05) is 13.6 Å². The molecule has 6 nitrogen and oxygen atoms in total. The highest BCUT2D eigenvalue weighted by molar-refractivity contribution is 5.92. The summed E-state index contributed by atoms with van der Waals surface area (Å²) in [6.45, 7) is 0.352. The molecule has 2 heterocycles. The fourth-order valence-corrected chi connectivity index (χ4v) is 2.12. The number of aliphatic hydroxyl groups is 1. The van der Waals surface area contributed by atoms with Crippen LogP contribution in [0.15, 0.2) is 24.7 Å². The quantitative estimate of drug-likeness (QED) is 0.872. The minimum Gasteiger partial charge on any atom is -0.391 e. The second kappa shape index (κ2) is 4.62. The van der Waals surface area contributed by atoms with Crippen LogP contribution < -0.4 is 0 Å². The molecule has 6 heteroatoms. The standard InChI is InChI=1S/C13H16N4O2/c1-16(8-11(18)9-3-4-9)12(19)10-7-17-6-2-5-14-13(17)15-10/h2,5-7,9,11,18H,3-4,8H2,1H3. The van der Waals surface area contributed by atoms with E-state index >= 15 is 0 Å². The molecule has 1 atom stereocenters. The minimum atomic E-state index is -0.427. The number of rotatable bonds is 4. The van der Waals surface area contributed by atoms with Crippen molar-refractivity contribution < 1.29 is 9.90 Å². The van der Waals surface area contributed by atoms with E-state index in [1.54, 1.807) is 36.1 Å². The third kappa shape index (κ3) is 2.44. The number of carbonyl (C=O) groups is 1. The average molecular weight is 260 g/mol. The van der Waals surface area contributed by atoms with E-state index in [0.717, 1.165) is 12.8 Å². The van der Waals surface area contributed by atoms with Crippen LogP contribution in [0.1, 0.15) is 23.3 Å². The van der Waals surface area contributed by atoms with Gasteiger partial charge in [-0.25, -0.2) is 9.97 Å². The van der Waals surface area contributed by atoms with Crippen molar-refractivity contribution in [1.29, 1.82) is 0 Å². The molecular formula is C13H16N4O2. The van der Waals surface area contributed by atoms with Crippen LogP contribution in [-0.2, 0) is 0 Å². The van der Waals surface area contributed by atoms with Crippen molar-refractivity contribution >= 4 is 11.7 Å². The molecule has 1 aliphatic carbocycles. The van der Waals surface area contributed by atoms with E-state index in [4.69, 9.17) is 0 Å². The molecule has 2 aromatic heterocycles. The molecule has 0 aromatic carbocycles. The van der Waals surface area contributed by atoms with E-state index in [-0.39, 0.29) is 5.91 Å². The molecule has 19 heavy (non-hydrogen) atoms. The molecule has 3 rings (SSSR count). The number of hydrogen-bond acceptors (Lipinski definition) is 4. The highest BCUT2D eigenvalue weighted by atomic mass is 16.3. The van der Waals surface area contributed by atoms with Gasteiger partial charge in [0.05, 0.1) is 6.10 Å². The summed E-state index contributed by atoms with van der Waals surface area (Å²) in [6, 6.07) is 1.78. The number of hydrogen-bond donors (Lipinski definition) is 1. The molecule has 0 radical (unpaired) electrons. The lowest BCUT2D eigenvalue weighted by atomic mass is 10.2. The molecule has 1 fully saturated rings. The van der Waals surface area contributed by atoms with Crippen LogP contribution in [-0.4, -0.2) is 50.0 Å². The largest absolute Gasteiger partial charge is 0.391 e. The van der Waals surface area contributed by atoms with Gasteiger partial charge in [0.1, 0.15) is 5.69 Å². The Labute approximate surface area is 110 Å². The summed E-state index contributed by atoms with van der Waals surface area (Å²) < 4.78 is 1.71. The zero-order valence-electron chi connectivity index (χ0n) is 10.7. The van der Waals surface area contributed by atoms with Gasteiger partial charge in [-0.15, -0.1) is 0 Å². The molecule has 0 spiro atoms. The Bertz CT molecular complexity index is 572. The monoisotopic (exact) mass is 260 g/mol. The molecule has 1 aliphatic rings. The van der Waals surface area contributed by atoms with Crippen molar-refractivity contribution in [1.82, 2.24) is 19.3 Å². The van der Waals surface area contributed by atoms with Crippen molar-refractivity contribution in [2.24, 2.45) is 5.92 Å². The Morgan fingerprint density at radius 1 is 1.63 bits per heavy atom. The van der Waals surface area contributed by atoms with Crippen LogP contribution >= 0.6 is 0 Å². The van der Waals surface area contributed by atoms with Crippen LogP contribution in [0.25, 0.3) is 5.78 Å². The molecule has 1 saturated carbocycles. The van der Waals surface area contributed by atoms with Crippen LogP contribution in [0, 0.1) is 5.92 Å². The van der Waals surface area contributed by atoms with Crippen LogP contribution in [0.5, 0.6) is 0 Å². The molecule has 0 aliphatic heterocycles. The van der Waals surface area contributed by atoms with E-state index in [0.29, 0.717) is 23.9 Å². The van der Waals surface area contributed by atoms with E-state index < -0.39 is 6.10 Å². The van der Waals surface area contributed by atoms with Gasteiger partial charge in [-0.2, -0.15) is 0 Å². The lowest BCUT2D eigenvalue weighted by Gasteiger charge is -2.19. The molecule has 0 saturated heterocycles. The number of imidazole rings is 1. The summed E-state index contributed by atoms with van der Waals surface area (Å²) in [5, 5.41) is 9.86. The van der Waals surface area contributed by atoms with Gasteiger partial charge >= 0.3 is 0 Å². The first-order chi connectivity index (χ1) is 9.15. The maximum atomic E-state index is 12.2. The fraction of sp³-hybridized carbons (Fsp3) is 0.462.